The maximum absolute atomic E-state index is 8.31. The lowest BCUT2D eigenvalue weighted by Crippen LogP contribution is -2.10. The lowest BCUT2D eigenvalue weighted by atomic mass is 10.3. The van der Waals surface area contributed by atoms with Gasteiger partial charge in [-0.05, 0) is 25.7 Å². The Morgan fingerprint density at radius 2 is 2.62 bits per heavy atom. The molecule has 0 aromatic heterocycles. The normalized spacial score (nSPS) is 11.4. The molecular formula is C4H11NO2S. The van der Waals surface area contributed by atoms with E-state index in [0.29, 0.717) is 19.4 Å². The molecular weight excluding hydrogens is 126 g/mol. The predicted octanol–water partition coefficient (Wildman–Crippen LogP) is 0.125. The third-order valence-corrected chi connectivity index (χ3v) is 0.864. The Kier molecular flexibility index (Phi) is 5.74. The van der Waals surface area contributed by atoms with Crippen molar-refractivity contribution >= 4 is 12.8 Å². The van der Waals surface area contributed by atoms with Crippen LogP contribution in [0.5, 0.6) is 0 Å². The van der Waals surface area contributed by atoms with E-state index >= 15 is 0 Å². The van der Waals surface area contributed by atoms with Gasteiger partial charge >= 0.3 is 0 Å². The summed E-state index contributed by atoms with van der Waals surface area (Å²) in [6.07, 6.45) is 1.65. The zero-order valence-corrected chi connectivity index (χ0v) is 5.41. The Labute approximate surface area is 55.7 Å². The zero-order chi connectivity index (χ0) is 6.95. The van der Waals surface area contributed by atoms with Crippen molar-refractivity contribution in [3.05, 3.63) is 0 Å². The molecule has 0 amide bonds. The zero-order valence-electron chi connectivity index (χ0n) is 5.59. The maximum atomic E-state index is 8.31. The van der Waals surface area contributed by atoms with Gasteiger partial charge in [0.1, 0.15) is 1.12 Å². The average Bonchev–Trinajstić information content (AvgIpc) is 1.89. The van der Waals surface area contributed by atoms with Gasteiger partial charge in [0.15, 0.2) is 0 Å². The van der Waals surface area contributed by atoms with Crippen LogP contribution in [0.4, 0.5) is 0 Å². The molecule has 3 nitrogen and oxygen atoms in total. The summed E-state index contributed by atoms with van der Waals surface area (Å²) in [5.74, 6) is 0. The summed E-state index contributed by atoms with van der Waals surface area (Å²) in [6.45, 7) is 0.905. The lowest BCUT2D eigenvalue weighted by molar-refractivity contribution is 0.229. The van der Waals surface area contributed by atoms with E-state index in [1.807, 2.05) is 0 Å². The number of hydroxylamine groups is 1. The van der Waals surface area contributed by atoms with Gasteiger partial charge in [-0.1, -0.05) is 0 Å². The third kappa shape index (κ3) is 6.23. The number of hydrogen-bond acceptors (Lipinski definition) is 4. The van der Waals surface area contributed by atoms with E-state index in [-0.39, 0.29) is 6.61 Å². The molecule has 50 valence electrons. The highest BCUT2D eigenvalue weighted by atomic mass is 32.1. The van der Waals surface area contributed by atoms with Crippen molar-refractivity contribution in [1.29, 1.82) is 1.12 Å². The second-order valence-corrected chi connectivity index (χ2v) is 1.58. The summed E-state index contributed by atoms with van der Waals surface area (Å²) in [5.41, 5.74) is 2.53. The van der Waals surface area contributed by atoms with Gasteiger partial charge in [0.05, 0.1) is 0 Å². The number of aliphatic hydroxyl groups excluding tert-OH is 1. The molecule has 0 aliphatic rings. The Hall–Kier alpha value is 0.230. The van der Waals surface area contributed by atoms with Crippen molar-refractivity contribution < 1.29 is 9.39 Å². The van der Waals surface area contributed by atoms with Gasteiger partial charge < -0.3 is 5.11 Å². The fraction of sp³-hybridized carbons (Fsp3) is 1.00. The highest BCUT2D eigenvalue weighted by molar-refractivity contribution is 7.75. The Bertz CT molecular complexity index is 51.8. The smallest absolute Gasteiger partial charge is 0.137 e. The first-order valence-corrected chi connectivity index (χ1v) is 2.87. The van der Waals surface area contributed by atoms with Crippen molar-refractivity contribution in [3.63, 3.8) is 0 Å². The van der Waals surface area contributed by atoms with E-state index in [2.05, 4.69) is 9.76 Å². The van der Waals surface area contributed by atoms with E-state index in [1.54, 1.807) is 0 Å². The van der Waals surface area contributed by atoms with E-state index in [9.17, 15) is 0 Å². The van der Waals surface area contributed by atoms with Gasteiger partial charge in [-0.15, -0.1) is 0 Å². The predicted molar refractivity (Wildman–Crippen MR) is 34.4 cm³/mol. The summed E-state index contributed by atoms with van der Waals surface area (Å²) in [6, 6.07) is 0. The minimum absolute atomic E-state index is 0.218. The SMILES string of the molecule is [3H]SONCCCCO. The van der Waals surface area contributed by atoms with Crippen LogP contribution >= 0.6 is 12.8 Å². The topological polar surface area (TPSA) is 41.5 Å². The van der Waals surface area contributed by atoms with E-state index < -0.39 is 0 Å². The Morgan fingerprint density at radius 3 is 3.25 bits per heavy atom. The molecule has 0 heterocycles. The minimum atomic E-state index is 0.218. The average molecular weight is 139 g/mol. The number of hydrogen-bond donors (Lipinski definition) is 3. The highest BCUT2D eigenvalue weighted by Crippen LogP contribution is 1.83. The van der Waals surface area contributed by atoms with Gasteiger partial charge in [0.2, 0.25) is 0 Å². The van der Waals surface area contributed by atoms with E-state index in [4.69, 9.17) is 6.23 Å². The molecule has 0 aromatic carbocycles. The third-order valence-electron chi connectivity index (χ3n) is 0.746. The number of rotatable bonds is 6. The van der Waals surface area contributed by atoms with Crippen LogP contribution in [0.15, 0.2) is 0 Å². The van der Waals surface area contributed by atoms with E-state index in [0.717, 1.165) is 12.8 Å². The molecule has 0 saturated carbocycles. The molecule has 0 spiro atoms. The second kappa shape index (κ2) is 7.23. The number of nitrogens with one attached hydrogen (secondary N) is 1. The van der Waals surface area contributed by atoms with Crippen LogP contribution in [-0.4, -0.2) is 19.4 Å². The van der Waals surface area contributed by atoms with Crippen LogP contribution in [-0.2, 0) is 4.28 Å². The molecule has 0 unspecified atom stereocenters. The summed E-state index contributed by atoms with van der Waals surface area (Å²) < 4.78 is 10.9. The number of aliphatic hydroxyl groups is 1. The van der Waals surface area contributed by atoms with Gasteiger partial charge in [0.25, 0.3) is 0 Å². The Morgan fingerprint density at radius 1 is 1.75 bits per heavy atom. The van der Waals surface area contributed by atoms with Crippen LogP contribution in [0, 0.1) is 0 Å². The van der Waals surface area contributed by atoms with Crippen LogP contribution in [0.1, 0.15) is 12.8 Å². The van der Waals surface area contributed by atoms with Crippen molar-refractivity contribution in [2.75, 3.05) is 13.2 Å². The van der Waals surface area contributed by atoms with E-state index in [1.165, 1.54) is 0 Å². The Balaban J connectivity index is 2.60. The second-order valence-electron chi connectivity index (χ2n) is 1.41. The largest absolute Gasteiger partial charge is 0.396 e. The van der Waals surface area contributed by atoms with Crippen LogP contribution in [0.25, 0.3) is 0 Å². The quantitative estimate of drug-likeness (QED) is 0.212. The molecule has 0 bridgehead atoms. The summed E-state index contributed by atoms with van der Waals surface area (Å²) in [4.78, 5) is 0. The van der Waals surface area contributed by atoms with Gasteiger partial charge in [0, 0.05) is 13.2 Å². The lowest BCUT2D eigenvalue weighted by Gasteiger charge is -1.96. The maximum Gasteiger partial charge on any atom is 0.137 e. The molecule has 0 aliphatic carbocycles. The number of unbranched alkanes of at least 4 members (excludes halogenated alkanes) is 1. The van der Waals surface area contributed by atoms with Gasteiger partial charge in [-0.2, -0.15) is 5.48 Å². The van der Waals surface area contributed by atoms with Crippen molar-refractivity contribution in [1.82, 2.24) is 5.48 Å². The van der Waals surface area contributed by atoms with Gasteiger partial charge in [-0.3, -0.25) is 0 Å². The number of thiol groups is 1. The molecule has 2 N–H and O–H groups in total. The van der Waals surface area contributed by atoms with Crippen molar-refractivity contribution in [2.45, 2.75) is 12.8 Å². The highest BCUT2D eigenvalue weighted by Gasteiger charge is 1.83. The fourth-order valence-corrected chi connectivity index (χ4v) is 0.434. The molecule has 0 aliphatic heterocycles. The first-order chi connectivity index (χ1) is 4.41. The molecule has 0 atom stereocenters. The first-order valence-electron chi connectivity index (χ1n) is 2.95. The summed E-state index contributed by atoms with van der Waals surface area (Å²) in [7, 11) is 0. The van der Waals surface area contributed by atoms with Crippen molar-refractivity contribution in [3.8, 4) is 0 Å². The van der Waals surface area contributed by atoms with Crippen molar-refractivity contribution in [2.24, 2.45) is 0 Å². The fourth-order valence-electron chi connectivity index (χ4n) is 0.351. The molecule has 0 fully saturated rings. The standard InChI is InChI=1S/C4H11NO2S/c6-4-2-1-3-5-7-8/h5-6,8H,1-4H2/i/hT. The van der Waals surface area contributed by atoms with Crippen LogP contribution < -0.4 is 5.48 Å². The molecule has 0 radical (unpaired) electrons. The molecule has 0 rings (SSSR count). The molecule has 4 heteroatoms. The van der Waals surface area contributed by atoms with Crippen LogP contribution in [0.3, 0.4) is 0 Å². The molecule has 8 heavy (non-hydrogen) atoms. The molecule has 0 aromatic rings. The van der Waals surface area contributed by atoms with Crippen LogP contribution in [0.2, 0.25) is 0 Å². The molecule has 0 saturated heterocycles. The summed E-state index contributed by atoms with van der Waals surface area (Å²) in [5, 5.41) is 8.31. The summed E-state index contributed by atoms with van der Waals surface area (Å²) >= 11 is 0.536. The first kappa shape index (κ1) is 6.35. The van der Waals surface area contributed by atoms with Gasteiger partial charge in [-0.25, -0.2) is 4.28 Å². The minimum Gasteiger partial charge on any atom is -0.396 e. The monoisotopic (exact) mass is 139 g/mol.